The van der Waals surface area contributed by atoms with Gasteiger partial charge in [-0.3, -0.25) is 0 Å². The Morgan fingerprint density at radius 3 is 3.11 bits per heavy atom. The molecule has 1 aromatic rings. The van der Waals surface area contributed by atoms with E-state index in [1.807, 2.05) is 0 Å². The second kappa shape index (κ2) is 3.69. The smallest absolute Gasteiger partial charge is 0.0953 e. The van der Waals surface area contributed by atoms with Gasteiger partial charge in [-0.1, -0.05) is 36.4 Å². The van der Waals surface area contributed by atoms with Crippen molar-refractivity contribution in [2.24, 2.45) is 5.92 Å². The number of hydrogen-bond acceptors (Lipinski definition) is 1. The molecule has 1 fully saturated rings. The van der Waals surface area contributed by atoms with E-state index < -0.39 is 0 Å². The van der Waals surface area contributed by atoms with Gasteiger partial charge < -0.3 is 10.3 Å². The Hall–Kier alpha value is -1.12. The lowest BCUT2D eigenvalue weighted by atomic mass is 9.55. The minimum atomic E-state index is 0.186. The number of quaternary nitrogens is 1. The molecule has 2 bridgehead atoms. The second-order valence-corrected chi connectivity index (χ2v) is 6.06. The van der Waals surface area contributed by atoms with Crippen molar-refractivity contribution in [2.45, 2.75) is 37.1 Å². The molecule has 1 saturated heterocycles. The fraction of sp³-hybridized carbons (Fsp3) is 0.500. The van der Waals surface area contributed by atoms with Crippen LogP contribution in [0.4, 0.5) is 0 Å². The van der Waals surface area contributed by atoms with Gasteiger partial charge in [-0.05, 0) is 24.0 Å². The average Bonchev–Trinajstić information content (AvgIpc) is 2.43. The molecule has 94 valence electrons. The summed E-state index contributed by atoms with van der Waals surface area (Å²) >= 11 is 0. The van der Waals surface area contributed by atoms with Crippen molar-refractivity contribution in [3.05, 3.63) is 52.8 Å². The summed E-state index contributed by atoms with van der Waals surface area (Å²) in [6, 6.07) is 9.08. The summed E-state index contributed by atoms with van der Waals surface area (Å²) in [5, 5.41) is 12.8. The van der Waals surface area contributed by atoms with Gasteiger partial charge in [0.2, 0.25) is 0 Å². The molecular weight excluding hydrogens is 222 g/mol. The van der Waals surface area contributed by atoms with Crippen molar-refractivity contribution >= 4 is 0 Å². The van der Waals surface area contributed by atoms with Crippen LogP contribution < -0.4 is 5.06 Å². The Morgan fingerprint density at radius 2 is 2.17 bits per heavy atom. The highest BCUT2D eigenvalue weighted by Crippen LogP contribution is 2.49. The Morgan fingerprint density at radius 1 is 1.28 bits per heavy atom. The van der Waals surface area contributed by atoms with E-state index in [2.05, 4.69) is 36.4 Å². The lowest BCUT2D eigenvalue weighted by molar-refractivity contribution is -0.889. The van der Waals surface area contributed by atoms with Gasteiger partial charge in [0, 0.05) is 24.2 Å². The fourth-order valence-corrected chi connectivity index (χ4v) is 4.59. The molecule has 3 aliphatic rings. The van der Waals surface area contributed by atoms with Gasteiger partial charge in [-0.25, -0.2) is 0 Å². The Labute approximate surface area is 108 Å². The molecule has 2 nitrogen and oxygen atoms in total. The number of nitrogens with one attached hydrogen (secondary N) is 1. The molecule has 18 heavy (non-hydrogen) atoms. The molecule has 0 amide bonds. The maximum absolute atomic E-state index is 12.2. The van der Waals surface area contributed by atoms with Crippen LogP contribution in [0.15, 0.2) is 36.4 Å². The molecule has 1 unspecified atom stereocenters. The Kier molecular flexibility index (Phi) is 2.21. The van der Waals surface area contributed by atoms with Crippen LogP contribution >= 0.6 is 0 Å². The average molecular weight is 241 g/mol. The maximum atomic E-state index is 12.2. The van der Waals surface area contributed by atoms with E-state index in [-0.39, 0.29) is 5.41 Å². The molecule has 0 aromatic heterocycles. The van der Waals surface area contributed by atoms with Crippen molar-refractivity contribution < 1.29 is 5.06 Å². The van der Waals surface area contributed by atoms with Crippen molar-refractivity contribution in [1.29, 1.82) is 0 Å². The van der Waals surface area contributed by atoms with Gasteiger partial charge in [0.05, 0.1) is 12.6 Å². The van der Waals surface area contributed by atoms with Crippen LogP contribution in [-0.2, 0) is 11.8 Å². The first-order valence-corrected chi connectivity index (χ1v) is 7.10. The summed E-state index contributed by atoms with van der Waals surface area (Å²) in [4.78, 5) is 0. The molecule has 1 N–H and O–H groups in total. The van der Waals surface area contributed by atoms with E-state index in [0.717, 1.165) is 25.8 Å². The predicted octanol–water partition coefficient (Wildman–Crippen LogP) is 1.60. The highest BCUT2D eigenvalue weighted by molar-refractivity contribution is 5.44. The number of benzene rings is 1. The lowest BCUT2D eigenvalue weighted by Crippen LogP contribution is -3.15. The van der Waals surface area contributed by atoms with E-state index >= 15 is 0 Å². The first-order chi connectivity index (χ1) is 8.81. The largest absolute Gasteiger partial charge is 0.634 e. The molecule has 0 radical (unpaired) electrons. The predicted molar refractivity (Wildman–Crippen MR) is 71.3 cm³/mol. The van der Waals surface area contributed by atoms with Crippen LogP contribution in [0.2, 0.25) is 0 Å². The molecule has 4 atom stereocenters. The highest BCUT2D eigenvalue weighted by atomic mass is 16.5. The number of piperidine rings is 1. The molecule has 2 heteroatoms. The number of fused-ring (bicyclic) bond motifs is 1. The number of rotatable bonds is 0. The maximum Gasteiger partial charge on any atom is 0.0953 e. The lowest BCUT2D eigenvalue weighted by Gasteiger charge is -2.56. The Balaban J connectivity index is 1.95. The molecule has 1 aromatic carbocycles. The van der Waals surface area contributed by atoms with Crippen molar-refractivity contribution in [3.8, 4) is 0 Å². The number of allylic oxidation sites excluding steroid dienone is 2. The third-order valence-corrected chi connectivity index (χ3v) is 5.36. The molecule has 2 aliphatic carbocycles. The Bertz CT molecular complexity index is 510. The standard InChI is InChI=1S/C16H19NO/c18-17-10-9-16-8-4-3-7-14(16)15(17)11-12-5-1-2-6-13(12)16/h1-2,4-6,8,14-15,17H,3,7,9-11H2/t14-,15-,16-/m0/s1. The zero-order chi connectivity index (χ0) is 12.2. The first kappa shape index (κ1) is 10.8. The van der Waals surface area contributed by atoms with Crippen LogP contribution in [0.1, 0.15) is 30.4 Å². The summed E-state index contributed by atoms with van der Waals surface area (Å²) in [5.74, 6) is 0.568. The van der Waals surface area contributed by atoms with Crippen molar-refractivity contribution in [1.82, 2.24) is 0 Å². The SMILES string of the molecule is [O-][NH+]1CC[C@]23C=CCC[C@H]2[C@@H]1Cc1ccccc13. The van der Waals surface area contributed by atoms with Gasteiger partial charge in [-0.2, -0.15) is 0 Å². The van der Waals surface area contributed by atoms with Gasteiger partial charge >= 0.3 is 0 Å². The third-order valence-electron chi connectivity index (χ3n) is 5.36. The van der Waals surface area contributed by atoms with Crippen molar-refractivity contribution in [2.75, 3.05) is 6.54 Å². The fourth-order valence-electron chi connectivity index (χ4n) is 4.59. The summed E-state index contributed by atoms with van der Waals surface area (Å²) in [5.41, 5.74) is 3.11. The van der Waals surface area contributed by atoms with E-state index in [1.54, 1.807) is 0 Å². The zero-order valence-electron chi connectivity index (χ0n) is 10.6. The normalized spacial score (nSPS) is 41.1. The van der Waals surface area contributed by atoms with Crippen LogP contribution in [0.5, 0.6) is 0 Å². The van der Waals surface area contributed by atoms with Gasteiger partial charge in [0.1, 0.15) is 0 Å². The number of hydroxylamine groups is 2. The molecular formula is C16H19NO. The monoisotopic (exact) mass is 241 g/mol. The summed E-state index contributed by atoms with van der Waals surface area (Å²) in [6.07, 6.45) is 9.12. The summed E-state index contributed by atoms with van der Waals surface area (Å²) < 4.78 is 0. The van der Waals surface area contributed by atoms with Gasteiger partial charge in [0.25, 0.3) is 0 Å². The number of hydrogen-bond donors (Lipinski definition) is 1. The quantitative estimate of drug-likeness (QED) is 0.542. The second-order valence-electron chi connectivity index (χ2n) is 6.06. The molecule has 0 spiro atoms. The summed E-state index contributed by atoms with van der Waals surface area (Å²) in [7, 11) is 0. The zero-order valence-corrected chi connectivity index (χ0v) is 10.6. The molecule has 4 rings (SSSR count). The minimum Gasteiger partial charge on any atom is -0.634 e. The van der Waals surface area contributed by atoms with Gasteiger partial charge in [-0.15, -0.1) is 0 Å². The van der Waals surface area contributed by atoms with Crippen molar-refractivity contribution in [3.63, 3.8) is 0 Å². The summed E-state index contributed by atoms with van der Waals surface area (Å²) in [6.45, 7) is 0.778. The minimum absolute atomic E-state index is 0.186. The van der Waals surface area contributed by atoms with E-state index in [0.29, 0.717) is 17.0 Å². The topological polar surface area (TPSA) is 27.5 Å². The van der Waals surface area contributed by atoms with Crippen LogP contribution in [0.3, 0.4) is 0 Å². The van der Waals surface area contributed by atoms with Crippen LogP contribution in [-0.4, -0.2) is 12.6 Å². The van der Waals surface area contributed by atoms with E-state index in [4.69, 9.17) is 0 Å². The van der Waals surface area contributed by atoms with Crippen LogP contribution in [0.25, 0.3) is 0 Å². The molecule has 1 heterocycles. The van der Waals surface area contributed by atoms with Gasteiger partial charge in [0.15, 0.2) is 0 Å². The molecule has 1 aliphatic heterocycles. The highest BCUT2D eigenvalue weighted by Gasteiger charge is 2.53. The van der Waals surface area contributed by atoms with E-state index in [1.165, 1.54) is 17.5 Å². The van der Waals surface area contributed by atoms with Crippen LogP contribution in [0, 0.1) is 11.1 Å². The van der Waals surface area contributed by atoms with E-state index in [9.17, 15) is 5.21 Å². The first-order valence-electron chi connectivity index (χ1n) is 7.10. The molecule has 0 saturated carbocycles. The third kappa shape index (κ3) is 1.25.